The van der Waals surface area contributed by atoms with Gasteiger partial charge >= 0.3 is 0 Å². The van der Waals surface area contributed by atoms with Gasteiger partial charge in [0.05, 0.1) is 3.23 Å². The maximum atomic E-state index is 3.79. The van der Waals surface area contributed by atoms with Gasteiger partial charge < -0.3 is 0 Å². The molecular formula is C14H28Br2. The summed E-state index contributed by atoms with van der Waals surface area (Å²) in [5.41, 5.74) is 0. The van der Waals surface area contributed by atoms with Crippen LogP contribution in [-0.2, 0) is 0 Å². The summed E-state index contributed by atoms with van der Waals surface area (Å²) in [5, 5.41) is 0. The summed E-state index contributed by atoms with van der Waals surface area (Å²) in [5.74, 6) is 0. The second kappa shape index (κ2) is 11.1. The first kappa shape index (κ1) is 17.0. The number of rotatable bonds is 11. The van der Waals surface area contributed by atoms with E-state index in [-0.39, 0.29) is 3.23 Å². The number of hydrogen-bond donors (Lipinski definition) is 0. The average molecular weight is 356 g/mol. The second-order valence-electron chi connectivity index (χ2n) is 4.83. The molecule has 0 radical (unpaired) electrons. The molecule has 0 aromatic rings. The Morgan fingerprint density at radius 1 is 0.625 bits per heavy atom. The predicted octanol–water partition coefficient (Wildman–Crippen LogP) is 6.80. The molecule has 16 heavy (non-hydrogen) atoms. The van der Waals surface area contributed by atoms with Crippen molar-refractivity contribution in [2.45, 2.75) is 87.7 Å². The van der Waals surface area contributed by atoms with E-state index in [0.29, 0.717) is 0 Å². The molecule has 0 aliphatic rings. The lowest BCUT2D eigenvalue weighted by Gasteiger charge is -2.19. The fourth-order valence-electron chi connectivity index (χ4n) is 1.90. The molecule has 0 aromatic heterocycles. The zero-order valence-corrected chi connectivity index (χ0v) is 14.2. The molecule has 0 unspecified atom stereocenters. The molecule has 98 valence electrons. The lowest BCUT2D eigenvalue weighted by Crippen LogP contribution is -2.10. The minimum absolute atomic E-state index is 0.222. The fourth-order valence-corrected chi connectivity index (χ4v) is 3.02. The van der Waals surface area contributed by atoms with Gasteiger partial charge in [0.15, 0.2) is 0 Å². The van der Waals surface area contributed by atoms with Gasteiger partial charge in [0.25, 0.3) is 0 Å². The van der Waals surface area contributed by atoms with Gasteiger partial charge in [0.1, 0.15) is 0 Å². The highest BCUT2D eigenvalue weighted by Gasteiger charge is 2.20. The van der Waals surface area contributed by atoms with Crippen LogP contribution in [0.15, 0.2) is 0 Å². The number of unbranched alkanes of at least 4 members (excludes halogenated alkanes) is 7. The van der Waals surface area contributed by atoms with E-state index in [9.17, 15) is 0 Å². The zero-order valence-electron chi connectivity index (χ0n) is 11.0. The summed E-state index contributed by atoms with van der Waals surface area (Å²) in [6, 6.07) is 0. The van der Waals surface area contributed by atoms with Crippen molar-refractivity contribution >= 4 is 31.9 Å². The van der Waals surface area contributed by atoms with Crippen LogP contribution in [0.4, 0.5) is 0 Å². The van der Waals surface area contributed by atoms with Crippen molar-refractivity contribution < 1.29 is 0 Å². The topological polar surface area (TPSA) is 0 Å². The van der Waals surface area contributed by atoms with Crippen molar-refractivity contribution in [3.05, 3.63) is 0 Å². The smallest absolute Gasteiger partial charge is 0.0727 e. The first-order valence-corrected chi connectivity index (χ1v) is 8.59. The molecule has 0 amide bonds. The lowest BCUT2D eigenvalue weighted by atomic mass is 10.1. The van der Waals surface area contributed by atoms with Gasteiger partial charge in [-0.05, 0) is 12.8 Å². The Balaban J connectivity index is 3.29. The highest BCUT2D eigenvalue weighted by Crippen LogP contribution is 2.37. The lowest BCUT2D eigenvalue weighted by molar-refractivity contribution is 0.547. The van der Waals surface area contributed by atoms with E-state index in [1.165, 1.54) is 70.6 Å². The highest BCUT2D eigenvalue weighted by atomic mass is 79.9. The van der Waals surface area contributed by atoms with Crippen molar-refractivity contribution in [1.82, 2.24) is 0 Å². The van der Waals surface area contributed by atoms with Crippen LogP contribution in [0.5, 0.6) is 0 Å². The maximum absolute atomic E-state index is 3.79. The van der Waals surface area contributed by atoms with Gasteiger partial charge in [-0.25, -0.2) is 0 Å². The summed E-state index contributed by atoms with van der Waals surface area (Å²) in [4.78, 5) is 0. The quantitative estimate of drug-likeness (QED) is 0.282. The minimum Gasteiger partial charge on any atom is -0.0727 e. The van der Waals surface area contributed by atoms with E-state index < -0.39 is 0 Å². The average Bonchev–Trinajstić information content (AvgIpc) is 2.25. The van der Waals surface area contributed by atoms with Crippen molar-refractivity contribution in [2.75, 3.05) is 0 Å². The van der Waals surface area contributed by atoms with Crippen LogP contribution in [-0.4, -0.2) is 3.23 Å². The van der Waals surface area contributed by atoms with Gasteiger partial charge in [-0.3, -0.25) is 0 Å². The van der Waals surface area contributed by atoms with Crippen molar-refractivity contribution in [3.63, 3.8) is 0 Å². The molecule has 0 rings (SSSR count). The summed E-state index contributed by atoms with van der Waals surface area (Å²) >= 11 is 7.59. The van der Waals surface area contributed by atoms with Gasteiger partial charge in [-0.1, -0.05) is 103 Å². The zero-order chi connectivity index (χ0) is 12.3. The monoisotopic (exact) mass is 354 g/mol. The normalized spacial score (nSPS) is 12.0. The molecule has 0 fully saturated rings. The first-order chi connectivity index (χ1) is 7.62. The Hall–Kier alpha value is 0.960. The van der Waals surface area contributed by atoms with Gasteiger partial charge in [-0.2, -0.15) is 0 Å². The van der Waals surface area contributed by atoms with Crippen LogP contribution in [0, 0.1) is 0 Å². The van der Waals surface area contributed by atoms with E-state index in [0.717, 1.165) is 0 Å². The Kier molecular flexibility index (Phi) is 11.7. The van der Waals surface area contributed by atoms with Gasteiger partial charge in [0, 0.05) is 0 Å². The molecular weight excluding hydrogens is 328 g/mol. The van der Waals surface area contributed by atoms with Crippen LogP contribution in [0.2, 0.25) is 0 Å². The van der Waals surface area contributed by atoms with E-state index >= 15 is 0 Å². The fraction of sp³-hybridized carbons (Fsp3) is 1.00. The third-order valence-corrected chi connectivity index (χ3v) is 4.63. The number of alkyl halides is 2. The molecule has 0 aromatic carbocycles. The van der Waals surface area contributed by atoms with Crippen LogP contribution in [0.3, 0.4) is 0 Å². The molecule has 0 nitrogen and oxygen atoms in total. The van der Waals surface area contributed by atoms with Crippen LogP contribution in [0.25, 0.3) is 0 Å². The Morgan fingerprint density at radius 3 is 1.62 bits per heavy atom. The Bertz CT molecular complexity index is 144. The third-order valence-electron chi connectivity index (χ3n) is 3.04. The SMILES string of the molecule is CCCCCCCCCC(Br)(Br)CCCC. The second-order valence-corrected chi connectivity index (χ2v) is 8.93. The summed E-state index contributed by atoms with van der Waals surface area (Å²) in [6.45, 7) is 4.53. The number of hydrogen-bond acceptors (Lipinski definition) is 0. The predicted molar refractivity (Wildman–Crippen MR) is 82.7 cm³/mol. The highest BCUT2D eigenvalue weighted by molar-refractivity contribution is 9.25. The molecule has 0 atom stereocenters. The largest absolute Gasteiger partial charge is 0.0805 e. The Labute approximate surface area is 119 Å². The van der Waals surface area contributed by atoms with Crippen molar-refractivity contribution in [3.8, 4) is 0 Å². The van der Waals surface area contributed by atoms with E-state index in [2.05, 4.69) is 45.7 Å². The molecule has 0 aliphatic heterocycles. The summed E-state index contributed by atoms with van der Waals surface area (Å²) < 4.78 is 0.222. The molecule has 0 spiro atoms. The molecule has 0 bridgehead atoms. The first-order valence-electron chi connectivity index (χ1n) is 7.00. The molecule has 0 N–H and O–H groups in total. The minimum atomic E-state index is 0.222. The van der Waals surface area contributed by atoms with Gasteiger partial charge in [-0.15, -0.1) is 0 Å². The van der Waals surface area contributed by atoms with Gasteiger partial charge in [0.2, 0.25) is 0 Å². The molecule has 0 saturated heterocycles. The van der Waals surface area contributed by atoms with E-state index in [1.54, 1.807) is 0 Å². The maximum Gasteiger partial charge on any atom is 0.0805 e. The third kappa shape index (κ3) is 11.4. The molecule has 0 aliphatic carbocycles. The van der Waals surface area contributed by atoms with E-state index in [1.807, 2.05) is 0 Å². The molecule has 0 heterocycles. The van der Waals surface area contributed by atoms with Crippen LogP contribution in [0.1, 0.15) is 84.5 Å². The molecule has 0 saturated carbocycles. The van der Waals surface area contributed by atoms with Crippen molar-refractivity contribution in [2.24, 2.45) is 0 Å². The van der Waals surface area contributed by atoms with Crippen LogP contribution < -0.4 is 0 Å². The summed E-state index contributed by atoms with van der Waals surface area (Å²) in [7, 11) is 0. The standard InChI is InChI=1S/C14H28Br2/c1-3-5-7-8-9-10-11-13-14(15,16)12-6-4-2/h3-13H2,1-2H3. The van der Waals surface area contributed by atoms with Crippen LogP contribution >= 0.6 is 31.9 Å². The molecule has 2 heteroatoms. The van der Waals surface area contributed by atoms with Crippen molar-refractivity contribution in [1.29, 1.82) is 0 Å². The Morgan fingerprint density at radius 2 is 1.06 bits per heavy atom. The summed E-state index contributed by atoms with van der Waals surface area (Å²) in [6.07, 6.45) is 14.9. The number of halogens is 2. The van der Waals surface area contributed by atoms with E-state index in [4.69, 9.17) is 0 Å².